The molecule has 0 aliphatic rings. The fraction of sp³-hybridized carbons (Fsp3) is 0.500. The van der Waals surface area contributed by atoms with Gasteiger partial charge in [-0.25, -0.2) is 5.01 Å². The minimum atomic E-state index is -0.144. The van der Waals surface area contributed by atoms with E-state index >= 15 is 0 Å². The van der Waals surface area contributed by atoms with Crippen molar-refractivity contribution in [1.82, 2.24) is 5.01 Å². The Morgan fingerprint density at radius 1 is 1.50 bits per heavy atom. The summed E-state index contributed by atoms with van der Waals surface area (Å²) in [5.74, 6) is -0.144. The number of allylic oxidation sites excluding steroid dienone is 1. The van der Waals surface area contributed by atoms with E-state index in [1.165, 1.54) is 17.5 Å². The summed E-state index contributed by atoms with van der Waals surface area (Å²) in [7, 11) is 1.56. The van der Waals surface area contributed by atoms with Crippen LogP contribution in [0.5, 0.6) is 0 Å². The molecule has 4 heteroatoms. The van der Waals surface area contributed by atoms with E-state index in [0.717, 1.165) is 5.57 Å². The fourth-order valence-corrected chi connectivity index (χ4v) is 0.410. The Morgan fingerprint density at radius 3 is 2.17 bits per heavy atom. The zero-order chi connectivity index (χ0) is 10.1. The van der Waals surface area contributed by atoms with Crippen molar-refractivity contribution in [3.8, 4) is 0 Å². The second-order valence-corrected chi connectivity index (χ2v) is 2.22. The molecule has 1 amide bonds. The van der Waals surface area contributed by atoms with Gasteiger partial charge in [-0.05, 0) is 13.8 Å². The number of hydrazone groups is 1. The lowest BCUT2D eigenvalue weighted by Crippen LogP contribution is -2.17. The highest BCUT2D eigenvalue weighted by molar-refractivity contribution is 6.15. The van der Waals surface area contributed by atoms with Gasteiger partial charge < -0.3 is 0 Å². The molecule has 0 fully saturated rings. The van der Waals surface area contributed by atoms with E-state index in [2.05, 4.69) is 23.4 Å². The molecule has 0 aromatic heterocycles. The molecule has 0 spiro atoms. The molecule has 0 saturated heterocycles. The van der Waals surface area contributed by atoms with Crippen molar-refractivity contribution in [1.29, 1.82) is 0 Å². The van der Waals surface area contributed by atoms with E-state index in [-0.39, 0.29) is 5.91 Å². The summed E-state index contributed by atoms with van der Waals surface area (Å²) in [4.78, 5) is 10.9. The van der Waals surface area contributed by atoms with Crippen molar-refractivity contribution in [3.63, 3.8) is 0 Å². The highest BCUT2D eigenvalue weighted by Crippen LogP contribution is 1.92. The van der Waals surface area contributed by atoms with E-state index in [0.29, 0.717) is 0 Å². The molecular formula is C8H15ClN2O. The smallest absolute Gasteiger partial charge is 0.266 e. The largest absolute Gasteiger partial charge is 0.268 e. The van der Waals surface area contributed by atoms with Gasteiger partial charge in [0.25, 0.3) is 5.91 Å². The second-order valence-electron chi connectivity index (χ2n) is 2.22. The maximum Gasteiger partial charge on any atom is 0.266 e. The molecule has 0 aromatic rings. The maximum absolute atomic E-state index is 10.9. The molecule has 70 valence electrons. The number of hydrogen-bond acceptors (Lipinski definition) is 2. The zero-order valence-electron chi connectivity index (χ0n) is 7.97. The Hall–Kier alpha value is -0.830. The molecule has 3 nitrogen and oxygen atoms in total. The van der Waals surface area contributed by atoms with Crippen LogP contribution in [0.15, 0.2) is 16.8 Å². The maximum atomic E-state index is 10.9. The number of amides is 1. The molecule has 12 heavy (non-hydrogen) atoms. The van der Waals surface area contributed by atoms with Crippen molar-refractivity contribution >= 4 is 24.2 Å². The molecule has 0 aromatic carbocycles. The monoisotopic (exact) mass is 190 g/mol. The predicted molar refractivity (Wildman–Crippen MR) is 53.5 cm³/mol. The molecule has 0 atom stereocenters. The zero-order valence-corrected chi connectivity index (χ0v) is 8.72. The summed E-state index contributed by atoms with van der Waals surface area (Å²) in [6, 6.07) is 0. The van der Waals surface area contributed by atoms with Crippen LogP contribution in [0.25, 0.3) is 0 Å². The molecular weight excluding hydrogens is 176 g/mol. The number of halogens is 1. The van der Waals surface area contributed by atoms with E-state index in [4.69, 9.17) is 0 Å². The first-order valence-corrected chi connectivity index (χ1v) is 4.10. The summed E-state index contributed by atoms with van der Waals surface area (Å²) in [5.41, 5.74) is 0.959. The molecule has 0 heterocycles. The Kier molecular flexibility index (Phi) is 9.47. The van der Waals surface area contributed by atoms with E-state index in [9.17, 15) is 4.79 Å². The van der Waals surface area contributed by atoms with Crippen LogP contribution in [0.2, 0.25) is 0 Å². The lowest BCUT2D eigenvalue weighted by atomic mass is 10.3. The third kappa shape index (κ3) is 7.28. The highest BCUT2D eigenvalue weighted by Gasteiger charge is 1.99. The summed E-state index contributed by atoms with van der Waals surface area (Å²) >= 11 is 4.64. The first kappa shape index (κ1) is 13.7. The van der Waals surface area contributed by atoms with Gasteiger partial charge in [-0.2, -0.15) is 5.10 Å². The first-order valence-electron chi connectivity index (χ1n) is 3.35. The predicted octanol–water partition coefficient (Wildman–Crippen LogP) is 1.88. The average Bonchev–Trinajstić information content (AvgIpc) is 2.05. The number of carbonyl (C=O) groups excluding carboxylic acids is 1. The summed E-state index contributed by atoms with van der Waals surface area (Å²) in [6.45, 7) is 6.93. The molecule has 0 aliphatic heterocycles. The van der Waals surface area contributed by atoms with Gasteiger partial charge in [0.05, 0.1) is 0 Å². The Bertz CT molecular complexity index is 174. The Morgan fingerprint density at radius 2 is 1.92 bits per heavy atom. The van der Waals surface area contributed by atoms with Gasteiger partial charge in [-0.15, -0.1) is 11.6 Å². The van der Waals surface area contributed by atoms with Crippen LogP contribution < -0.4 is 0 Å². The lowest BCUT2D eigenvalue weighted by molar-refractivity contribution is -0.124. The molecule has 0 aliphatic carbocycles. The normalized spacial score (nSPS) is 7.42. The topological polar surface area (TPSA) is 32.7 Å². The van der Waals surface area contributed by atoms with Gasteiger partial charge in [-0.3, -0.25) is 4.79 Å². The highest BCUT2D eigenvalue weighted by atomic mass is 35.5. The molecule has 0 saturated carbocycles. The standard InChI is InChI=1S/C7H12N2O.CH3Cl/c1-6(2)5-7(10)9(4)8-3;1-2/h5H,3H2,1-2,4H3;1H3. The third-order valence-corrected chi connectivity index (χ3v) is 0.943. The Balaban J connectivity index is 0. The van der Waals surface area contributed by atoms with Crippen LogP contribution in [0.4, 0.5) is 0 Å². The fourth-order valence-electron chi connectivity index (χ4n) is 0.410. The molecule has 0 N–H and O–H groups in total. The average molecular weight is 191 g/mol. The van der Waals surface area contributed by atoms with Crippen LogP contribution in [0, 0.1) is 0 Å². The number of carbonyl (C=O) groups is 1. The summed E-state index contributed by atoms with van der Waals surface area (Å²) in [6.07, 6.45) is 2.98. The van der Waals surface area contributed by atoms with Crippen LogP contribution in [0.1, 0.15) is 13.8 Å². The number of likely N-dealkylation sites (N-methyl/N-ethyl adjacent to an activating group) is 1. The third-order valence-electron chi connectivity index (χ3n) is 0.943. The molecule has 0 unspecified atom stereocenters. The van der Waals surface area contributed by atoms with Crippen molar-refractivity contribution in [2.24, 2.45) is 5.10 Å². The number of nitrogens with zero attached hydrogens (tertiary/aromatic N) is 2. The van der Waals surface area contributed by atoms with Crippen molar-refractivity contribution < 1.29 is 4.79 Å². The van der Waals surface area contributed by atoms with Crippen LogP contribution in [0.3, 0.4) is 0 Å². The van der Waals surface area contributed by atoms with Crippen LogP contribution in [-0.4, -0.2) is 31.1 Å². The minimum absolute atomic E-state index is 0.144. The SMILES string of the molecule is C=NN(C)C(=O)C=C(C)C.CCl. The van der Waals surface area contributed by atoms with Gasteiger partial charge in [0.2, 0.25) is 0 Å². The quantitative estimate of drug-likeness (QED) is 0.283. The van der Waals surface area contributed by atoms with Crippen molar-refractivity contribution in [2.75, 3.05) is 13.4 Å². The minimum Gasteiger partial charge on any atom is -0.268 e. The molecule has 0 radical (unpaired) electrons. The second kappa shape index (κ2) is 8.27. The van der Waals surface area contributed by atoms with Gasteiger partial charge in [-0.1, -0.05) is 5.57 Å². The number of hydrogen-bond donors (Lipinski definition) is 0. The van der Waals surface area contributed by atoms with Gasteiger partial charge in [0.15, 0.2) is 0 Å². The number of alkyl halides is 1. The van der Waals surface area contributed by atoms with Crippen LogP contribution in [-0.2, 0) is 4.79 Å². The summed E-state index contributed by atoms with van der Waals surface area (Å²) in [5, 5.41) is 4.62. The Labute approximate surface area is 78.7 Å². The first-order chi connectivity index (χ1) is 5.57. The van der Waals surface area contributed by atoms with Gasteiger partial charge in [0, 0.05) is 26.2 Å². The van der Waals surface area contributed by atoms with E-state index < -0.39 is 0 Å². The number of rotatable bonds is 2. The van der Waals surface area contributed by atoms with Crippen molar-refractivity contribution in [3.05, 3.63) is 11.6 Å². The lowest BCUT2D eigenvalue weighted by Gasteiger charge is -2.05. The van der Waals surface area contributed by atoms with E-state index in [1.807, 2.05) is 13.8 Å². The van der Waals surface area contributed by atoms with Gasteiger partial charge >= 0.3 is 0 Å². The molecule has 0 rings (SSSR count). The molecule has 0 bridgehead atoms. The van der Waals surface area contributed by atoms with Crippen LogP contribution >= 0.6 is 11.6 Å². The van der Waals surface area contributed by atoms with Gasteiger partial charge in [0.1, 0.15) is 0 Å². The summed E-state index contributed by atoms with van der Waals surface area (Å²) < 4.78 is 0. The van der Waals surface area contributed by atoms with E-state index in [1.54, 1.807) is 7.05 Å². The van der Waals surface area contributed by atoms with Crippen molar-refractivity contribution in [2.45, 2.75) is 13.8 Å².